The number of methoxy groups -OCH3 is 2. The van der Waals surface area contributed by atoms with Crippen LogP contribution in [0.5, 0.6) is 17.2 Å². The van der Waals surface area contributed by atoms with E-state index in [1.54, 1.807) is 26.4 Å². The number of nitrogen functional groups attached to an aromatic ring is 1. The molecule has 0 aromatic heterocycles. The van der Waals surface area contributed by atoms with Crippen molar-refractivity contribution < 1.29 is 14.2 Å². The fourth-order valence-electron chi connectivity index (χ4n) is 2.11. The zero-order valence-corrected chi connectivity index (χ0v) is 13.1. The summed E-state index contributed by atoms with van der Waals surface area (Å²) in [6.45, 7) is 5.09. The first-order valence-corrected chi connectivity index (χ1v) is 7.30. The Morgan fingerprint density at radius 2 is 1.70 bits per heavy atom. The lowest BCUT2D eigenvalue weighted by molar-refractivity contribution is 0.233. The summed E-state index contributed by atoms with van der Waals surface area (Å²) >= 11 is 0. The van der Waals surface area contributed by atoms with Crippen LogP contribution in [0.25, 0.3) is 0 Å². The van der Waals surface area contributed by atoms with E-state index in [-0.39, 0.29) is 0 Å². The maximum Gasteiger partial charge on any atom is 0.164 e. The number of hydrogen-bond donors (Lipinski definition) is 1. The van der Waals surface area contributed by atoms with Crippen molar-refractivity contribution in [3.8, 4) is 17.2 Å². The summed E-state index contributed by atoms with van der Waals surface area (Å²) in [5.41, 5.74) is 6.56. The molecule has 4 nitrogen and oxygen atoms in total. The summed E-state index contributed by atoms with van der Waals surface area (Å²) in [5.74, 6) is 2.49. The summed E-state index contributed by atoms with van der Waals surface area (Å²) in [4.78, 5) is 0. The zero-order valence-electron chi connectivity index (χ0n) is 13.1. The van der Waals surface area contributed by atoms with Gasteiger partial charge in [-0.2, -0.15) is 0 Å². The van der Waals surface area contributed by atoms with Gasteiger partial charge in [0.25, 0.3) is 0 Å². The average molecular weight is 281 g/mol. The molecule has 0 saturated heterocycles. The first-order chi connectivity index (χ1) is 9.65. The SMILES string of the molecule is CCCCC(CC)COc1cc(OC)c(OC)cc1N. The molecule has 1 rings (SSSR count). The van der Waals surface area contributed by atoms with Gasteiger partial charge in [-0.15, -0.1) is 0 Å². The fraction of sp³-hybridized carbons (Fsp3) is 0.625. The van der Waals surface area contributed by atoms with Crippen molar-refractivity contribution in [1.82, 2.24) is 0 Å². The van der Waals surface area contributed by atoms with Gasteiger partial charge >= 0.3 is 0 Å². The molecule has 0 amide bonds. The zero-order chi connectivity index (χ0) is 15.0. The molecule has 1 aromatic rings. The monoisotopic (exact) mass is 281 g/mol. The van der Waals surface area contributed by atoms with E-state index in [9.17, 15) is 0 Å². The highest BCUT2D eigenvalue weighted by atomic mass is 16.5. The molecule has 114 valence electrons. The smallest absolute Gasteiger partial charge is 0.164 e. The van der Waals surface area contributed by atoms with Gasteiger partial charge in [-0.1, -0.05) is 33.1 Å². The van der Waals surface area contributed by atoms with E-state index in [0.717, 1.165) is 6.42 Å². The second kappa shape index (κ2) is 8.56. The van der Waals surface area contributed by atoms with Crippen LogP contribution in [0.2, 0.25) is 0 Å². The summed E-state index contributed by atoms with van der Waals surface area (Å²) in [6, 6.07) is 3.53. The molecule has 20 heavy (non-hydrogen) atoms. The van der Waals surface area contributed by atoms with Crippen LogP contribution in [0.3, 0.4) is 0 Å². The standard InChI is InChI=1S/C16H27NO3/c1-5-7-8-12(6-2)11-20-14-10-16(19-4)15(18-3)9-13(14)17/h9-10,12H,5-8,11,17H2,1-4H3. The number of unbranched alkanes of at least 4 members (excludes halogenated alkanes) is 1. The molecule has 0 aliphatic heterocycles. The molecule has 0 radical (unpaired) electrons. The van der Waals surface area contributed by atoms with Crippen molar-refractivity contribution in [2.75, 3.05) is 26.6 Å². The number of benzene rings is 1. The molecule has 0 fully saturated rings. The third-order valence-electron chi connectivity index (χ3n) is 3.53. The van der Waals surface area contributed by atoms with E-state index in [0.29, 0.717) is 35.5 Å². The van der Waals surface area contributed by atoms with Gasteiger partial charge in [0.2, 0.25) is 0 Å². The van der Waals surface area contributed by atoms with Crippen LogP contribution in [0, 0.1) is 5.92 Å². The maximum atomic E-state index is 5.99. The summed E-state index contributed by atoms with van der Waals surface area (Å²) in [7, 11) is 3.20. The van der Waals surface area contributed by atoms with Crippen molar-refractivity contribution in [2.24, 2.45) is 5.92 Å². The van der Waals surface area contributed by atoms with Crippen LogP contribution in [0.1, 0.15) is 39.5 Å². The molecule has 0 spiro atoms. The van der Waals surface area contributed by atoms with Gasteiger partial charge in [-0.3, -0.25) is 0 Å². The number of rotatable bonds is 9. The number of nitrogens with two attached hydrogens (primary N) is 1. The summed E-state index contributed by atoms with van der Waals surface area (Å²) in [6.07, 6.45) is 4.77. The molecule has 4 heteroatoms. The summed E-state index contributed by atoms with van der Waals surface area (Å²) in [5, 5.41) is 0. The van der Waals surface area contributed by atoms with Crippen LogP contribution >= 0.6 is 0 Å². The van der Waals surface area contributed by atoms with Gasteiger partial charge in [0.15, 0.2) is 11.5 Å². The van der Waals surface area contributed by atoms with Gasteiger partial charge in [0.1, 0.15) is 5.75 Å². The van der Waals surface area contributed by atoms with Crippen molar-refractivity contribution >= 4 is 5.69 Å². The first-order valence-electron chi connectivity index (χ1n) is 7.30. The number of hydrogen-bond acceptors (Lipinski definition) is 4. The highest BCUT2D eigenvalue weighted by Gasteiger charge is 2.12. The Kier molecular flexibility index (Phi) is 7.05. The lowest BCUT2D eigenvalue weighted by atomic mass is 10.0. The van der Waals surface area contributed by atoms with Gasteiger partial charge in [0.05, 0.1) is 26.5 Å². The molecule has 0 saturated carbocycles. The molecule has 1 unspecified atom stereocenters. The minimum absolute atomic E-state index is 0.572. The molecule has 2 N–H and O–H groups in total. The summed E-state index contributed by atoms with van der Waals surface area (Å²) < 4.78 is 16.3. The Morgan fingerprint density at radius 1 is 1.05 bits per heavy atom. The molecule has 0 bridgehead atoms. The fourth-order valence-corrected chi connectivity index (χ4v) is 2.11. The second-order valence-electron chi connectivity index (χ2n) is 4.97. The van der Waals surface area contributed by atoms with E-state index in [4.69, 9.17) is 19.9 Å². The molecule has 1 aromatic carbocycles. The molecular weight excluding hydrogens is 254 g/mol. The van der Waals surface area contributed by atoms with Crippen LogP contribution in [-0.4, -0.2) is 20.8 Å². The average Bonchev–Trinajstić information content (AvgIpc) is 2.48. The molecular formula is C16H27NO3. The number of anilines is 1. The predicted molar refractivity (Wildman–Crippen MR) is 82.8 cm³/mol. The van der Waals surface area contributed by atoms with E-state index < -0.39 is 0 Å². The largest absolute Gasteiger partial charge is 0.493 e. The molecule has 0 heterocycles. The van der Waals surface area contributed by atoms with E-state index in [2.05, 4.69) is 13.8 Å². The van der Waals surface area contributed by atoms with Crippen LogP contribution in [-0.2, 0) is 0 Å². The Balaban J connectivity index is 2.71. The lowest BCUT2D eigenvalue weighted by Crippen LogP contribution is -2.12. The topological polar surface area (TPSA) is 53.7 Å². The number of ether oxygens (including phenoxy) is 3. The normalized spacial score (nSPS) is 12.0. The van der Waals surface area contributed by atoms with Gasteiger partial charge in [-0.05, 0) is 12.3 Å². The maximum absolute atomic E-state index is 5.99. The Morgan fingerprint density at radius 3 is 2.25 bits per heavy atom. The van der Waals surface area contributed by atoms with E-state index in [1.807, 2.05) is 0 Å². The van der Waals surface area contributed by atoms with E-state index >= 15 is 0 Å². The second-order valence-corrected chi connectivity index (χ2v) is 4.97. The Labute approximate surface area is 122 Å². The van der Waals surface area contributed by atoms with Gasteiger partial charge < -0.3 is 19.9 Å². The van der Waals surface area contributed by atoms with E-state index in [1.165, 1.54) is 19.3 Å². The lowest BCUT2D eigenvalue weighted by Gasteiger charge is -2.18. The predicted octanol–water partition coefficient (Wildman–Crippen LogP) is 3.88. The Bertz CT molecular complexity index is 407. The highest BCUT2D eigenvalue weighted by Crippen LogP contribution is 2.36. The van der Waals surface area contributed by atoms with Crippen molar-refractivity contribution in [3.05, 3.63) is 12.1 Å². The highest BCUT2D eigenvalue weighted by molar-refractivity contribution is 5.61. The van der Waals surface area contributed by atoms with Crippen molar-refractivity contribution in [3.63, 3.8) is 0 Å². The molecule has 0 aliphatic rings. The third kappa shape index (κ3) is 4.51. The first kappa shape index (κ1) is 16.5. The minimum Gasteiger partial charge on any atom is -0.493 e. The van der Waals surface area contributed by atoms with Gasteiger partial charge in [0, 0.05) is 12.1 Å². The Hall–Kier alpha value is -1.58. The van der Waals surface area contributed by atoms with Crippen LogP contribution in [0.4, 0.5) is 5.69 Å². The third-order valence-corrected chi connectivity index (χ3v) is 3.53. The minimum atomic E-state index is 0.572. The van der Waals surface area contributed by atoms with Crippen LogP contribution < -0.4 is 19.9 Å². The van der Waals surface area contributed by atoms with Crippen molar-refractivity contribution in [1.29, 1.82) is 0 Å². The van der Waals surface area contributed by atoms with Crippen molar-refractivity contribution in [2.45, 2.75) is 39.5 Å². The van der Waals surface area contributed by atoms with Crippen LogP contribution in [0.15, 0.2) is 12.1 Å². The van der Waals surface area contributed by atoms with Gasteiger partial charge in [-0.25, -0.2) is 0 Å². The molecule has 1 atom stereocenters. The molecule has 0 aliphatic carbocycles. The quantitative estimate of drug-likeness (QED) is 0.698.